The zero-order valence-electron chi connectivity index (χ0n) is 21.1. The molecule has 0 saturated carbocycles. The number of nitrogens with one attached hydrogen (secondary N) is 2. The van der Waals surface area contributed by atoms with Crippen LogP contribution in [0.5, 0.6) is 0 Å². The number of hydrogen-bond acceptors (Lipinski definition) is 2. The molecule has 3 unspecified atom stereocenters. The van der Waals surface area contributed by atoms with Crippen molar-refractivity contribution in [3.63, 3.8) is 0 Å². The maximum absolute atomic E-state index is 3.70. The zero-order chi connectivity index (χ0) is 25.3. The molecule has 0 bridgehead atoms. The normalized spacial score (nSPS) is 21.1. The van der Waals surface area contributed by atoms with Crippen LogP contribution in [0.1, 0.15) is 17.9 Å². The van der Waals surface area contributed by atoms with Crippen molar-refractivity contribution in [3.8, 4) is 0 Å². The number of aromatic amines is 1. The summed E-state index contributed by atoms with van der Waals surface area (Å²) in [6.07, 6.45) is 20.8. The number of aromatic nitrogens is 2. The van der Waals surface area contributed by atoms with Crippen LogP contribution in [-0.2, 0) is 0 Å². The Bertz CT molecular complexity index is 1640. The van der Waals surface area contributed by atoms with Crippen LogP contribution < -0.4 is 10.2 Å². The van der Waals surface area contributed by atoms with Gasteiger partial charge in [0, 0.05) is 47.1 Å². The molecule has 3 atom stereocenters. The molecule has 3 aromatic carbocycles. The lowest BCUT2D eigenvalue weighted by Gasteiger charge is -2.29. The molecular formula is C34H30N4. The highest BCUT2D eigenvalue weighted by Gasteiger charge is 2.36. The van der Waals surface area contributed by atoms with Crippen molar-refractivity contribution in [2.75, 3.05) is 10.2 Å². The monoisotopic (exact) mass is 494 g/mol. The number of anilines is 3. The fraction of sp³-hybridized carbons (Fsp3) is 0.118. The van der Waals surface area contributed by atoms with E-state index in [9.17, 15) is 0 Å². The number of hydrogen-bond donors (Lipinski definition) is 2. The molecule has 2 N–H and O–H groups in total. The molecule has 186 valence electrons. The van der Waals surface area contributed by atoms with Gasteiger partial charge in [0.25, 0.3) is 0 Å². The highest BCUT2D eigenvalue weighted by Crippen LogP contribution is 2.47. The summed E-state index contributed by atoms with van der Waals surface area (Å²) in [6, 6.07) is 30.7. The smallest absolute Gasteiger partial charge is 0.0690 e. The van der Waals surface area contributed by atoms with Crippen LogP contribution in [0, 0.1) is 0 Å². The molecule has 4 nitrogen and oxygen atoms in total. The average molecular weight is 495 g/mol. The molecule has 0 spiro atoms. The lowest BCUT2D eigenvalue weighted by Crippen LogP contribution is -2.28. The molecule has 2 heterocycles. The van der Waals surface area contributed by atoms with Crippen molar-refractivity contribution >= 4 is 33.8 Å². The Morgan fingerprint density at radius 2 is 1.63 bits per heavy atom. The second kappa shape index (κ2) is 9.64. The molecule has 0 radical (unpaired) electrons. The molecule has 0 amide bonds. The summed E-state index contributed by atoms with van der Waals surface area (Å²) in [5, 5.41) is 3.70. The third-order valence-electron chi connectivity index (χ3n) is 7.66. The van der Waals surface area contributed by atoms with Gasteiger partial charge in [0.1, 0.15) is 0 Å². The summed E-state index contributed by atoms with van der Waals surface area (Å²) in [7, 11) is 0. The number of fused-ring (bicyclic) bond motifs is 4. The zero-order valence-corrected chi connectivity index (χ0v) is 21.1. The van der Waals surface area contributed by atoms with Crippen molar-refractivity contribution in [2.24, 2.45) is 0 Å². The van der Waals surface area contributed by atoms with E-state index < -0.39 is 0 Å². The average Bonchev–Trinajstić information content (AvgIpc) is 3.29. The first-order chi connectivity index (χ1) is 18.8. The number of benzene rings is 3. The van der Waals surface area contributed by atoms with Crippen LogP contribution in [0.3, 0.4) is 0 Å². The van der Waals surface area contributed by atoms with Crippen molar-refractivity contribution in [2.45, 2.75) is 24.4 Å². The van der Waals surface area contributed by atoms with E-state index in [1.54, 1.807) is 0 Å². The fourth-order valence-electron chi connectivity index (χ4n) is 5.86. The van der Waals surface area contributed by atoms with E-state index in [4.69, 9.17) is 0 Å². The Hall–Kier alpha value is -4.70. The van der Waals surface area contributed by atoms with Gasteiger partial charge in [0.15, 0.2) is 0 Å². The highest BCUT2D eigenvalue weighted by molar-refractivity contribution is 5.80. The van der Waals surface area contributed by atoms with Gasteiger partial charge in [-0.15, -0.1) is 0 Å². The van der Waals surface area contributed by atoms with Crippen LogP contribution in [-0.4, -0.2) is 21.6 Å². The first kappa shape index (κ1) is 22.5. The minimum Gasteiger partial charge on any atom is -0.379 e. The van der Waals surface area contributed by atoms with E-state index in [-0.39, 0.29) is 6.04 Å². The third kappa shape index (κ3) is 4.04. The number of allylic oxidation sites excluding steroid dienone is 4. The van der Waals surface area contributed by atoms with E-state index in [1.807, 2.05) is 12.3 Å². The second-order valence-electron chi connectivity index (χ2n) is 9.97. The van der Waals surface area contributed by atoms with E-state index >= 15 is 0 Å². The minimum absolute atomic E-state index is 0.250. The molecule has 0 fully saturated rings. The summed E-state index contributed by atoms with van der Waals surface area (Å²) in [6.45, 7) is 0. The van der Waals surface area contributed by atoms with Gasteiger partial charge in [-0.25, -0.2) is 0 Å². The van der Waals surface area contributed by atoms with Gasteiger partial charge in [0.05, 0.1) is 17.1 Å². The first-order valence-corrected chi connectivity index (χ1v) is 13.3. The molecule has 38 heavy (non-hydrogen) atoms. The standard InChI is InChI=1S/C34H30N4/c1-4-12-32-29(9-1)30-10-2-5-13-33(30)38(32)28-21-17-26(18-22-28)36-25-15-19-27(20-16-25)37-24-8-7-23-35-31-11-3-6-14-34(31)37/h1-15,17-25,29,32,35-36H,16H2. The van der Waals surface area contributed by atoms with Crippen LogP contribution in [0.4, 0.5) is 17.1 Å². The Morgan fingerprint density at radius 1 is 0.789 bits per heavy atom. The summed E-state index contributed by atoms with van der Waals surface area (Å²) in [4.78, 5) is 5.84. The van der Waals surface area contributed by atoms with Crippen LogP contribution >= 0.6 is 0 Å². The van der Waals surface area contributed by atoms with Gasteiger partial charge < -0.3 is 19.8 Å². The highest BCUT2D eigenvalue weighted by atomic mass is 15.2. The van der Waals surface area contributed by atoms with Crippen molar-refractivity contribution < 1.29 is 0 Å². The Labute approximate surface area is 223 Å². The van der Waals surface area contributed by atoms with E-state index in [2.05, 4.69) is 147 Å². The molecule has 0 saturated heterocycles. The molecule has 7 rings (SSSR count). The van der Waals surface area contributed by atoms with Crippen molar-refractivity contribution in [3.05, 3.63) is 145 Å². The van der Waals surface area contributed by atoms with E-state index in [0.29, 0.717) is 12.0 Å². The predicted molar refractivity (Wildman–Crippen MR) is 159 cm³/mol. The molecule has 1 aliphatic heterocycles. The van der Waals surface area contributed by atoms with Gasteiger partial charge in [-0.05, 0) is 72.7 Å². The summed E-state index contributed by atoms with van der Waals surface area (Å²) >= 11 is 0. The summed E-state index contributed by atoms with van der Waals surface area (Å²) < 4.78 is 2.24. The predicted octanol–water partition coefficient (Wildman–Crippen LogP) is 8.11. The Balaban J connectivity index is 1.09. The topological polar surface area (TPSA) is 36.0 Å². The quantitative estimate of drug-likeness (QED) is 0.301. The number of para-hydroxylation sites is 3. The minimum atomic E-state index is 0.250. The molecular weight excluding hydrogens is 464 g/mol. The molecule has 4 aromatic rings. The largest absolute Gasteiger partial charge is 0.379 e. The molecule has 3 aliphatic rings. The maximum atomic E-state index is 3.70. The SMILES string of the molecule is C1=CC2c3ccccc3N(c3ccc(NC4C=CC(n5cccc[nH]c6ccccc65)=CC4)cc3)C2C=C1. The Kier molecular flexibility index (Phi) is 5.71. The molecule has 4 heteroatoms. The van der Waals surface area contributed by atoms with Gasteiger partial charge >= 0.3 is 0 Å². The van der Waals surface area contributed by atoms with E-state index in [0.717, 1.165) is 23.1 Å². The van der Waals surface area contributed by atoms with Gasteiger partial charge in [-0.2, -0.15) is 0 Å². The van der Waals surface area contributed by atoms with Crippen LogP contribution in [0.2, 0.25) is 0 Å². The summed E-state index contributed by atoms with van der Waals surface area (Å²) in [5.41, 5.74) is 8.47. The van der Waals surface area contributed by atoms with Crippen molar-refractivity contribution in [1.82, 2.24) is 9.55 Å². The van der Waals surface area contributed by atoms with Crippen LogP contribution in [0.25, 0.3) is 16.7 Å². The second-order valence-corrected chi connectivity index (χ2v) is 9.97. The molecule has 2 aliphatic carbocycles. The van der Waals surface area contributed by atoms with Crippen LogP contribution in [0.15, 0.2) is 140 Å². The lowest BCUT2D eigenvalue weighted by atomic mass is 9.91. The lowest BCUT2D eigenvalue weighted by molar-refractivity contribution is 0.745. The van der Waals surface area contributed by atoms with Gasteiger partial charge in [-0.1, -0.05) is 66.8 Å². The molecule has 1 aromatic heterocycles. The first-order valence-electron chi connectivity index (χ1n) is 13.3. The number of nitrogens with zero attached hydrogens (tertiary/aromatic N) is 2. The fourth-order valence-corrected chi connectivity index (χ4v) is 5.86. The van der Waals surface area contributed by atoms with Crippen molar-refractivity contribution in [1.29, 1.82) is 0 Å². The Morgan fingerprint density at radius 3 is 2.53 bits per heavy atom. The number of H-pyrrole nitrogens is 1. The summed E-state index contributed by atoms with van der Waals surface area (Å²) in [5.74, 6) is 0.407. The van der Waals surface area contributed by atoms with Gasteiger partial charge in [0.2, 0.25) is 0 Å². The maximum Gasteiger partial charge on any atom is 0.0690 e. The third-order valence-corrected chi connectivity index (χ3v) is 7.66. The van der Waals surface area contributed by atoms with E-state index in [1.165, 1.54) is 22.6 Å². The van der Waals surface area contributed by atoms with Gasteiger partial charge in [-0.3, -0.25) is 0 Å². The number of rotatable bonds is 4.